The molecule has 0 aliphatic heterocycles. The molecular weight excluding hydrogens is 324 g/mol. The Labute approximate surface area is 134 Å². The van der Waals surface area contributed by atoms with Crippen molar-refractivity contribution in [2.75, 3.05) is 11.8 Å². The summed E-state index contributed by atoms with van der Waals surface area (Å²) in [6, 6.07) is 13.0. The zero-order valence-corrected chi connectivity index (χ0v) is 13.3. The predicted octanol–water partition coefficient (Wildman–Crippen LogP) is 3.22. The summed E-state index contributed by atoms with van der Waals surface area (Å²) in [7, 11) is -2.44. The van der Waals surface area contributed by atoms with E-state index in [-0.39, 0.29) is 17.1 Å². The van der Waals surface area contributed by atoms with Crippen molar-refractivity contribution < 1.29 is 13.2 Å². The lowest BCUT2D eigenvalue weighted by atomic mass is 10.1. The van der Waals surface area contributed by atoms with E-state index in [1.807, 2.05) is 6.07 Å². The van der Waals surface area contributed by atoms with Crippen LogP contribution in [0.5, 0.6) is 5.75 Å². The molecule has 0 saturated carbocycles. The molecule has 0 aliphatic rings. The Morgan fingerprint density at radius 2 is 1.91 bits per heavy atom. The zero-order valence-electron chi connectivity index (χ0n) is 11.7. The van der Waals surface area contributed by atoms with Crippen LogP contribution in [-0.2, 0) is 16.4 Å². The Kier molecular flexibility index (Phi) is 4.91. The number of hydrogen-bond acceptors (Lipinski definition) is 4. The fourth-order valence-corrected chi connectivity index (χ4v) is 3.34. The van der Waals surface area contributed by atoms with E-state index in [4.69, 9.17) is 21.6 Å². The number of nitrogens with one attached hydrogen (secondary N) is 1. The van der Waals surface area contributed by atoms with Crippen molar-refractivity contribution in [3.8, 4) is 11.8 Å². The van der Waals surface area contributed by atoms with Crippen molar-refractivity contribution in [1.29, 1.82) is 5.26 Å². The van der Waals surface area contributed by atoms with Crippen LogP contribution in [0.15, 0.2) is 47.4 Å². The van der Waals surface area contributed by atoms with Crippen LogP contribution >= 0.6 is 11.6 Å². The number of nitriles is 1. The van der Waals surface area contributed by atoms with Gasteiger partial charge in [-0.2, -0.15) is 5.26 Å². The van der Waals surface area contributed by atoms with Crippen molar-refractivity contribution >= 4 is 27.3 Å². The maximum Gasteiger partial charge on any atom is 0.265 e. The molecule has 1 N–H and O–H groups in total. The summed E-state index contributed by atoms with van der Waals surface area (Å²) in [6.07, 6.45) is 0.273. The monoisotopic (exact) mass is 336 g/mol. The first-order valence-electron chi connectivity index (χ1n) is 6.28. The molecule has 0 aliphatic carbocycles. The van der Waals surface area contributed by atoms with E-state index in [2.05, 4.69) is 4.72 Å². The van der Waals surface area contributed by atoms with Crippen LogP contribution in [0.25, 0.3) is 0 Å². The third-order valence-corrected chi connectivity index (χ3v) is 4.54. The second kappa shape index (κ2) is 6.69. The molecular formula is C15H13ClN2O3S. The fourth-order valence-electron chi connectivity index (χ4n) is 1.85. The minimum atomic E-state index is -3.83. The van der Waals surface area contributed by atoms with Gasteiger partial charge in [0.2, 0.25) is 0 Å². The first kappa shape index (κ1) is 16.1. The topological polar surface area (TPSA) is 79.2 Å². The van der Waals surface area contributed by atoms with Crippen LogP contribution in [0.4, 0.5) is 5.69 Å². The van der Waals surface area contributed by atoms with Crippen molar-refractivity contribution in [3.05, 3.63) is 53.1 Å². The summed E-state index contributed by atoms with van der Waals surface area (Å²) >= 11 is 5.86. The lowest BCUT2D eigenvalue weighted by Crippen LogP contribution is -2.14. The van der Waals surface area contributed by atoms with Gasteiger partial charge in [-0.15, -0.1) is 0 Å². The molecule has 5 nitrogen and oxygen atoms in total. The van der Waals surface area contributed by atoms with E-state index < -0.39 is 10.0 Å². The SMILES string of the molecule is COc1ccc(Cl)cc1S(=O)(=O)Nc1ccc(CC#N)cc1. The number of halogens is 1. The molecule has 0 radical (unpaired) electrons. The molecule has 0 bridgehead atoms. The molecule has 0 spiro atoms. The number of methoxy groups -OCH3 is 1. The van der Waals surface area contributed by atoms with Crippen molar-refractivity contribution in [2.45, 2.75) is 11.3 Å². The van der Waals surface area contributed by atoms with Gasteiger partial charge in [0.25, 0.3) is 10.0 Å². The Hall–Kier alpha value is -2.23. The molecule has 0 amide bonds. The standard InChI is InChI=1S/C15H13ClN2O3S/c1-21-14-7-4-12(16)10-15(14)22(19,20)18-13-5-2-11(3-6-13)8-9-17/h2-7,10,18H,8H2,1H3. The molecule has 2 aromatic rings. The quantitative estimate of drug-likeness (QED) is 0.909. The van der Waals surface area contributed by atoms with E-state index >= 15 is 0 Å². The van der Waals surface area contributed by atoms with Gasteiger partial charge in [-0.25, -0.2) is 8.42 Å². The van der Waals surface area contributed by atoms with Gasteiger partial charge < -0.3 is 4.74 Å². The number of benzene rings is 2. The minimum absolute atomic E-state index is 0.0383. The summed E-state index contributed by atoms with van der Waals surface area (Å²) in [6.45, 7) is 0. The summed E-state index contributed by atoms with van der Waals surface area (Å²) in [5.41, 5.74) is 1.20. The Bertz CT molecular complexity index is 812. The summed E-state index contributed by atoms with van der Waals surface area (Å²) in [5, 5.41) is 8.92. The molecule has 0 unspecified atom stereocenters. The molecule has 2 rings (SSSR count). The predicted molar refractivity (Wildman–Crippen MR) is 84.6 cm³/mol. The molecule has 2 aromatic carbocycles. The zero-order chi connectivity index (χ0) is 16.2. The van der Waals surface area contributed by atoms with E-state index in [1.54, 1.807) is 30.3 Å². The minimum Gasteiger partial charge on any atom is -0.495 e. The van der Waals surface area contributed by atoms with Gasteiger partial charge >= 0.3 is 0 Å². The van der Waals surface area contributed by atoms with Gasteiger partial charge in [-0.3, -0.25) is 4.72 Å². The lowest BCUT2D eigenvalue weighted by molar-refractivity contribution is 0.403. The average molecular weight is 337 g/mol. The van der Waals surface area contributed by atoms with Gasteiger partial charge in [0.1, 0.15) is 10.6 Å². The van der Waals surface area contributed by atoms with Crippen molar-refractivity contribution in [3.63, 3.8) is 0 Å². The highest BCUT2D eigenvalue weighted by molar-refractivity contribution is 7.92. The Balaban J connectivity index is 2.32. The van der Waals surface area contributed by atoms with Gasteiger partial charge in [0.15, 0.2) is 0 Å². The van der Waals surface area contributed by atoms with Gasteiger partial charge in [0, 0.05) is 10.7 Å². The molecule has 0 fully saturated rings. The maximum atomic E-state index is 12.4. The van der Waals surface area contributed by atoms with Crippen LogP contribution in [0.1, 0.15) is 5.56 Å². The number of nitrogens with zero attached hydrogens (tertiary/aromatic N) is 1. The summed E-state index contributed by atoms with van der Waals surface area (Å²) in [4.78, 5) is -0.0383. The largest absolute Gasteiger partial charge is 0.495 e. The van der Waals surface area contributed by atoms with E-state index in [9.17, 15) is 8.42 Å². The average Bonchev–Trinajstić information content (AvgIpc) is 2.49. The molecule has 114 valence electrons. The maximum absolute atomic E-state index is 12.4. The third kappa shape index (κ3) is 3.70. The van der Waals surface area contributed by atoms with E-state index in [0.717, 1.165) is 5.56 Å². The van der Waals surface area contributed by atoms with Crippen molar-refractivity contribution in [2.24, 2.45) is 0 Å². The van der Waals surface area contributed by atoms with Gasteiger partial charge in [0.05, 0.1) is 19.6 Å². The Morgan fingerprint density at radius 1 is 1.23 bits per heavy atom. The van der Waals surface area contributed by atoms with Crippen molar-refractivity contribution in [1.82, 2.24) is 0 Å². The molecule has 0 atom stereocenters. The van der Waals surface area contributed by atoms with Crippen LogP contribution in [0, 0.1) is 11.3 Å². The number of sulfonamides is 1. The number of anilines is 1. The molecule has 0 aromatic heterocycles. The first-order chi connectivity index (χ1) is 10.5. The van der Waals surface area contributed by atoms with Crippen LogP contribution in [0.2, 0.25) is 5.02 Å². The lowest BCUT2D eigenvalue weighted by Gasteiger charge is -2.12. The molecule has 0 heterocycles. The highest BCUT2D eigenvalue weighted by atomic mass is 35.5. The van der Waals surface area contributed by atoms with Gasteiger partial charge in [-0.05, 0) is 35.9 Å². The summed E-state index contributed by atoms with van der Waals surface area (Å²) < 4.78 is 32.4. The molecule has 7 heteroatoms. The van der Waals surface area contributed by atoms with Crippen LogP contribution < -0.4 is 9.46 Å². The molecule has 0 saturated heterocycles. The Morgan fingerprint density at radius 3 is 2.50 bits per heavy atom. The van der Waals surface area contributed by atoms with Crippen LogP contribution in [-0.4, -0.2) is 15.5 Å². The molecule has 22 heavy (non-hydrogen) atoms. The third-order valence-electron chi connectivity index (χ3n) is 2.90. The van der Waals surface area contributed by atoms with E-state index in [0.29, 0.717) is 10.7 Å². The fraction of sp³-hybridized carbons (Fsp3) is 0.133. The van der Waals surface area contributed by atoms with Gasteiger partial charge in [-0.1, -0.05) is 23.7 Å². The first-order valence-corrected chi connectivity index (χ1v) is 8.14. The smallest absolute Gasteiger partial charge is 0.265 e. The highest BCUT2D eigenvalue weighted by Gasteiger charge is 2.20. The number of ether oxygens (including phenoxy) is 1. The second-order valence-corrected chi connectivity index (χ2v) is 6.52. The van der Waals surface area contributed by atoms with Crippen LogP contribution in [0.3, 0.4) is 0 Å². The van der Waals surface area contributed by atoms with E-state index in [1.165, 1.54) is 19.2 Å². The summed E-state index contributed by atoms with van der Waals surface area (Å²) in [5.74, 6) is 0.206. The number of hydrogen-bond donors (Lipinski definition) is 1. The normalized spacial score (nSPS) is 10.8. The number of rotatable bonds is 5. The second-order valence-electron chi connectivity index (χ2n) is 4.43. The highest BCUT2D eigenvalue weighted by Crippen LogP contribution is 2.28.